The van der Waals surface area contributed by atoms with Crippen LogP contribution in [0.4, 0.5) is 11.4 Å². The second-order valence-corrected chi connectivity index (χ2v) is 7.56. The van der Waals surface area contributed by atoms with Crippen LogP contribution in [-0.2, 0) is 9.53 Å². The fraction of sp³-hybridized carbons (Fsp3) is 0.381. The molecule has 1 N–H and O–H groups in total. The Morgan fingerprint density at radius 2 is 1.81 bits per heavy atom. The molecule has 0 unspecified atom stereocenters. The normalized spacial score (nSPS) is 14.7. The summed E-state index contributed by atoms with van der Waals surface area (Å²) in [5.74, 6) is 0.388. The number of amides is 1. The number of halogens is 1. The van der Waals surface area contributed by atoms with Crippen molar-refractivity contribution in [2.45, 2.75) is 26.4 Å². The summed E-state index contributed by atoms with van der Waals surface area (Å²) in [5.41, 5.74) is 1.91. The summed E-state index contributed by atoms with van der Waals surface area (Å²) in [7, 11) is 0. The number of morpholine rings is 1. The quantitative estimate of drug-likeness (QED) is 0.830. The molecule has 27 heavy (non-hydrogen) atoms. The van der Waals surface area contributed by atoms with Gasteiger partial charge in [-0.05, 0) is 68.8 Å². The summed E-state index contributed by atoms with van der Waals surface area (Å²) in [5, 5.41) is 3.60. The topological polar surface area (TPSA) is 50.8 Å². The van der Waals surface area contributed by atoms with Gasteiger partial charge in [0.25, 0.3) is 5.91 Å². The molecule has 1 aliphatic heterocycles. The Morgan fingerprint density at radius 3 is 2.44 bits per heavy atom. The first kappa shape index (κ1) is 19.5. The van der Waals surface area contributed by atoms with Crippen LogP contribution in [0.15, 0.2) is 42.5 Å². The number of aryl methyl sites for hydroxylation is 1. The molecule has 144 valence electrons. The number of rotatable bonds is 5. The van der Waals surface area contributed by atoms with Gasteiger partial charge in [0, 0.05) is 29.5 Å². The van der Waals surface area contributed by atoms with Crippen molar-refractivity contribution < 1.29 is 14.3 Å². The largest absolute Gasteiger partial charge is 0.478 e. The molecule has 1 amide bonds. The Labute approximate surface area is 165 Å². The third-order valence-electron chi connectivity index (χ3n) is 4.57. The van der Waals surface area contributed by atoms with E-state index >= 15 is 0 Å². The van der Waals surface area contributed by atoms with Gasteiger partial charge in [0.1, 0.15) is 5.75 Å². The minimum atomic E-state index is -1.02. The standard InChI is InChI=1S/C21H25ClN2O3/c1-15-14-17(24-10-12-26-13-11-24)6-9-19(15)23-20(25)21(2,3)27-18-7-4-16(22)5-8-18/h4-9,14H,10-13H2,1-3H3,(H,23,25). The zero-order valence-corrected chi connectivity index (χ0v) is 16.7. The van der Waals surface area contributed by atoms with Crippen LogP contribution >= 0.6 is 11.6 Å². The summed E-state index contributed by atoms with van der Waals surface area (Å²) in [6, 6.07) is 13.0. The maximum atomic E-state index is 12.8. The molecular weight excluding hydrogens is 364 g/mol. The van der Waals surface area contributed by atoms with Crippen molar-refractivity contribution in [3.63, 3.8) is 0 Å². The van der Waals surface area contributed by atoms with Crippen LogP contribution in [-0.4, -0.2) is 37.8 Å². The predicted molar refractivity (Wildman–Crippen MR) is 109 cm³/mol. The van der Waals surface area contributed by atoms with E-state index in [1.165, 1.54) is 0 Å². The van der Waals surface area contributed by atoms with E-state index in [1.54, 1.807) is 38.1 Å². The van der Waals surface area contributed by atoms with Gasteiger partial charge in [0.15, 0.2) is 5.60 Å². The molecule has 1 aliphatic rings. The maximum Gasteiger partial charge on any atom is 0.267 e. The van der Waals surface area contributed by atoms with E-state index in [0.717, 1.165) is 43.2 Å². The predicted octanol–water partition coefficient (Wildman–Crippen LogP) is 4.28. The lowest BCUT2D eigenvalue weighted by molar-refractivity contribution is -0.128. The molecule has 5 nitrogen and oxygen atoms in total. The fourth-order valence-corrected chi connectivity index (χ4v) is 3.05. The van der Waals surface area contributed by atoms with Crippen molar-refractivity contribution in [3.8, 4) is 5.75 Å². The van der Waals surface area contributed by atoms with Crippen molar-refractivity contribution in [1.29, 1.82) is 0 Å². The summed E-state index contributed by atoms with van der Waals surface area (Å²) in [6.45, 7) is 8.73. The Morgan fingerprint density at radius 1 is 1.15 bits per heavy atom. The van der Waals surface area contributed by atoms with Crippen LogP contribution in [0.25, 0.3) is 0 Å². The molecule has 0 atom stereocenters. The first-order chi connectivity index (χ1) is 12.8. The van der Waals surface area contributed by atoms with Crippen LogP contribution in [0.2, 0.25) is 5.02 Å². The van der Waals surface area contributed by atoms with Gasteiger partial charge in [-0.25, -0.2) is 0 Å². The average Bonchev–Trinajstić information content (AvgIpc) is 2.65. The number of anilines is 2. The van der Waals surface area contributed by atoms with Gasteiger partial charge in [-0.15, -0.1) is 0 Å². The molecule has 0 radical (unpaired) electrons. The summed E-state index contributed by atoms with van der Waals surface area (Å²) in [6.07, 6.45) is 0. The first-order valence-corrected chi connectivity index (χ1v) is 9.42. The SMILES string of the molecule is Cc1cc(N2CCOCC2)ccc1NC(=O)C(C)(C)Oc1ccc(Cl)cc1. The second-order valence-electron chi connectivity index (χ2n) is 7.12. The molecule has 0 aromatic heterocycles. The third-order valence-corrected chi connectivity index (χ3v) is 4.82. The van der Waals surface area contributed by atoms with Crippen LogP contribution in [0.3, 0.4) is 0 Å². The molecule has 0 bridgehead atoms. The van der Waals surface area contributed by atoms with Gasteiger partial charge in [-0.3, -0.25) is 4.79 Å². The number of nitrogens with zero attached hydrogens (tertiary/aromatic N) is 1. The average molecular weight is 389 g/mol. The summed E-state index contributed by atoms with van der Waals surface area (Å²) in [4.78, 5) is 15.0. The lowest BCUT2D eigenvalue weighted by Crippen LogP contribution is -2.42. The zero-order chi connectivity index (χ0) is 19.4. The molecule has 0 aliphatic carbocycles. The highest BCUT2D eigenvalue weighted by atomic mass is 35.5. The molecule has 1 fully saturated rings. The minimum absolute atomic E-state index is 0.209. The van der Waals surface area contributed by atoms with E-state index in [0.29, 0.717) is 10.8 Å². The van der Waals surface area contributed by atoms with Crippen molar-refractivity contribution in [3.05, 3.63) is 53.1 Å². The Hall–Kier alpha value is -2.24. The number of carbonyl (C=O) groups excluding carboxylic acids is 1. The van der Waals surface area contributed by atoms with Gasteiger partial charge in [0.2, 0.25) is 0 Å². The third kappa shape index (κ3) is 4.93. The number of benzene rings is 2. The van der Waals surface area contributed by atoms with Gasteiger partial charge in [0.05, 0.1) is 13.2 Å². The molecule has 2 aromatic rings. The van der Waals surface area contributed by atoms with Crippen LogP contribution in [0.1, 0.15) is 19.4 Å². The fourth-order valence-electron chi connectivity index (χ4n) is 2.92. The van der Waals surface area contributed by atoms with Gasteiger partial charge < -0.3 is 19.7 Å². The molecule has 2 aromatic carbocycles. The van der Waals surface area contributed by atoms with E-state index in [4.69, 9.17) is 21.1 Å². The molecular formula is C21H25ClN2O3. The van der Waals surface area contributed by atoms with E-state index in [1.807, 2.05) is 19.1 Å². The zero-order valence-electron chi connectivity index (χ0n) is 15.9. The van der Waals surface area contributed by atoms with Crippen LogP contribution in [0.5, 0.6) is 5.75 Å². The molecule has 3 rings (SSSR count). The summed E-state index contributed by atoms with van der Waals surface area (Å²) < 4.78 is 11.3. The Bertz CT molecular complexity index is 800. The number of hydrogen-bond donors (Lipinski definition) is 1. The minimum Gasteiger partial charge on any atom is -0.478 e. The Kier molecular flexibility index (Phi) is 5.92. The van der Waals surface area contributed by atoms with E-state index < -0.39 is 5.60 Å². The Balaban J connectivity index is 1.67. The highest BCUT2D eigenvalue weighted by Gasteiger charge is 2.30. The molecule has 0 spiro atoms. The smallest absolute Gasteiger partial charge is 0.267 e. The maximum absolute atomic E-state index is 12.8. The number of nitrogens with one attached hydrogen (secondary N) is 1. The highest BCUT2D eigenvalue weighted by Crippen LogP contribution is 2.26. The lowest BCUT2D eigenvalue weighted by Gasteiger charge is -2.30. The van der Waals surface area contributed by atoms with E-state index in [-0.39, 0.29) is 5.91 Å². The molecule has 1 heterocycles. The van der Waals surface area contributed by atoms with Crippen LogP contribution < -0.4 is 15.0 Å². The van der Waals surface area contributed by atoms with E-state index in [2.05, 4.69) is 16.3 Å². The van der Waals surface area contributed by atoms with Crippen molar-refractivity contribution in [2.75, 3.05) is 36.5 Å². The molecule has 0 saturated carbocycles. The van der Waals surface area contributed by atoms with Crippen molar-refractivity contribution in [1.82, 2.24) is 0 Å². The summed E-state index contributed by atoms with van der Waals surface area (Å²) >= 11 is 5.89. The molecule has 6 heteroatoms. The van der Waals surface area contributed by atoms with Gasteiger partial charge in [-0.1, -0.05) is 11.6 Å². The van der Waals surface area contributed by atoms with Gasteiger partial charge >= 0.3 is 0 Å². The van der Waals surface area contributed by atoms with E-state index in [9.17, 15) is 4.79 Å². The van der Waals surface area contributed by atoms with Gasteiger partial charge in [-0.2, -0.15) is 0 Å². The number of hydrogen-bond acceptors (Lipinski definition) is 4. The van der Waals surface area contributed by atoms with Crippen LogP contribution in [0, 0.1) is 6.92 Å². The lowest BCUT2D eigenvalue weighted by atomic mass is 10.1. The second kappa shape index (κ2) is 8.19. The van der Waals surface area contributed by atoms with Crippen molar-refractivity contribution in [2.24, 2.45) is 0 Å². The monoisotopic (exact) mass is 388 g/mol. The van der Waals surface area contributed by atoms with Crippen molar-refractivity contribution >= 4 is 28.9 Å². The first-order valence-electron chi connectivity index (χ1n) is 9.04. The number of carbonyl (C=O) groups is 1. The highest BCUT2D eigenvalue weighted by molar-refractivity contribution is 6.30. The number of ether oxygens (including phenoxy) is 2. The molecule has 1 saturated heterocycles.